The van der Waals surface area contributed by atoms with Gasteiger partial charge in [-0.05, 0) is 48.2 Å². The molecule has 0 aromatic heterocycles. The minimum absolute atomic E-state index is 0.149. The molecule has 0 bridgehead atoms. The van der Waals surface area contributed by atoms with Gasteiger partial charge in [0.05, 0.1) is 5.75 Å². The first-order valence-electron chi connectivity index (χ1n) is 10.3. The number of carbonyl (C=O) groups excluding carboxylic acids is 2. The average molecular weight is 536 g/mol. The summed E-state index contributed by atoms with van der Waals surface area (Å²) in [5.74, 6) is 0.431. The van der Waals surface area contributed by atoms with Crippen LogP contribution >= 0.6 is 58.2 Å². The van der Waals surface area contributed by atoms with Gasteiger partial charge < -0.3 is 10.2 Å². The number of amides is 2. The van der Waals surface area contributed by atoms with E-state index in [1.54, 1.807) is 35.2 Å². The molecule has 0 aliphatic heterocycles. The molecule has 0 unspecified atom stereocenters. The Morgan fingerprint density at radius 2 is 1.56 bits per heavy atom. The quantitative estimate of drug-likeness (QED) is 0.341. The Morgan fingerprint density at radius 3 is 2.09 bits per heavy atom. The van der Waals surface area contributed by atoms with Crippen LogP contribution in [0.3, 0.4) is 0 Å². The van der Waals surface area contributed by atoms with Crippen molar-refractivity contribution in [2.24, 2.45) is 0 Å². The standard InChI is InChI=1S/C23H26Cl4N2O2S/c1-3-9-28-23(31)21(4-2)29(12-15-5-7-17(24)10-19(15)26)22(30)14-32-13-16-6-8-18(25)11-20(16)27/h5-8,10-11,21H,3-4,9,12-14H2,1-2H3,(H,28,31)/t21-/m1/s1. The number of benzene rings is 2. The molecule has 0 fully saturated rings. The van der Waals surface area contributed by atoms with Gasteiger partial charge in [-0.25, -0.2) is 0 Å². The van der Waals surface area contributed by atoms with E-state index in [1.165, 1.54) is 11.8 Å². The zero-order valence-electron chi connectivity index (χ0n) is 18.0. The second kappa shape index (κ2) is 13.6. The second-order valence-electron chi connectivity index (χ2n) is 7.20. The van der Waals surface area contributed by atoms with Crippen LogP contribution in [0, 0.1) is 0 Å². The van der Waals surface area contributed by atoms with Crippen molar-refractivity contribution >= 4 is 70.0 Å². The van der Waals surface area contributed by atoms with Crippen LogP contribution in [0.1, 0.15) is 37.8 Å². The van der Waals surface area contributed by atoms with Gasteiger partial charge in [0, 0.05) is 38.9 Å². The van der Waals surface area contributed by atoms with Gasteiger partial charge in [-0.15, -0.1) is 11.8 Å². The van der Waals surface area contributed by atoms with Crippen LogP contribution in [-0.4, -0.2) is 35.1 Å². The fourth-order valence-corrected chi connectivity index (χ4v) is 5.03. The number of nitrogens with zero attached hydrogens (tertiary/aromatic N) is 1. The predicted molar refractivity (Wildman–Crippen MR) is 137 cm³/mol. The Morgan fingerprint density at radius 1 is 0.969 bits per heavy atom. The van der Waals surface area contributed by atoms with Gasteiger partial charge in [0.25, 0.3) is 0 Å². The second-order valence-corrected chi connectivity index (χ2v) is 9.87. The third-order valence-electron chi connectivity index (χ3n) is 4.79. The molecule has 2 amide bonds. The van der Waals surface area contributed by atoms with Gasteiger partial charge in [-0.3, -0.25) is 9.59 Å². The number of carbonyl (C=O) groups is 2. The molecule has 1 N–H and O–H groups in total. The smallest absolute Gasteiger partial charge is 0.242 e. The molecule has 1 atom stereocenters. The van der Waals surface area contributed by atoms with Crippen LogP contribution in [0.4, 0.5) is 0 Å². The van der Waals surface area contributed by atoms with E-state index in [1.807, 2.05) is 19.9 Å². The summed E-state index contributed by atoms with van der Waals surface area (Å²) in [5.41, 5.74) is 1.63. The van der Waals surface area contributed by atoms with Gasteiger partial charge in [0.1, 0.15) is 6.04 Å². The molecule has 0 heterocycles. The van der Waals surface area contributed by atoms with Crippen molar-refractivity contribution in [1.29, 1.82) is 0 Å². The first-order chi connectivity index (χ1) is 15.3. The van der Waals surface area contributed by atoms with E-state index in [-0.39, 0.29) is 24.1 Å². The molecule has 174 valence electrons. The fourth-order valence-electron chi connectivity index (χ4n) is 3.09. The number of hydrogen-bond donors (Lipinski definition) is 1. The molecule has 2 aromatic rings. The van der Waals surface area contributed by atoms with Gasteiger partial charge >= 0.3 is 0 Å². The molecule has 0 aliphatic carbocycles. The van der Waals surface area contributed by atoms with Crippen LogP contribution in [0.15, 0.2) is 36.4 Å². The molecule has 9 heteroatoms. The zero-order chi connectivity index (χ0) is 23.7. The summed E-state index contributed by atoms with van der Waals surface area (Å²) in [5, 5.41) is 5.00. The molecular weight excluding hydrogens is 510 g/mol. The average Bonchev–Trinajstić information content (AvgIpc) is 2.75. The van der Waals surface area contributed by atoms with Crippen molar-refractivity contribution in [1.82, 2.24) is 10.2 Å². The summed E-state index contributed by atoms with van der Waals surface area (Å²) in [7, 11) is 0. The summed E-state index contributed by atoms with van der Waals surface area (Å²) in [6.07, 6.45) is 1.30. The minimum atomic E-state index is -0.597. The van der Waals surface area contributed by atoms with Gasteiger partial charge in [0.15, 0.2) is 0 Å². The van der Waals surface area contributed by atoms with Gasteiger partial charge in [-0.2, -0.15) is 0 Å². The highest BCUT2D eigenvalue weighted by Gasteiger charge is 2.28. The Hall–Kier alpha value is -1.11. The van der Waals surface area contributed by atoms with Crippen molar-refractivity contribution in [3.63, 3.8) is 0 Å². The van der Waals surface area contributed by atoms with Crippen LogP contribution < -0.4 is 5.32 Å². The van der Waals surface area contributed by atoms with E-state index in [0.29, 0.717) is 38.8 Å². The molecule has 0 radical (unpaired) electrons. The van der Waals surface area contributed by atoms with E-state index in [2.05, 4.69) is 5.32 Å². The third kappa shape index (κ3) is 8.03. The van der Waals surface area contributed by atoms with E-state index in [4.69, 9.17) is 46.4 Å². The van der Waals surface area contributed by atoms with Crippen molar-refractivity contribution < 1.29 is 9.59 Å². The number of halogens is 4. The summed E-state index contributed by atoms with van der Waals surface area (Å²) < 4.78 is 0. The molecule has 32 heavy (non-hydrogen) atoms. The number of hydrogen-bond acceptors (Lipinski definition) is 3. The maximum Gasteiger partial charge on any atom is 0.242 e. The van der Waals surface area contributed by atoms with Crippen LogP contribution in [0.5, 0.6) is 0 Å². The fraction of sp³-hybridized carbons (Fsp3) is 0.391. The molecule has 2 rings (SSSR count). The third-order valence-corrected chi connectivity index (χ3v) is 6.93. The maximum absolute atomic E-state index is 13.2. The Labute approximate surface area is 213 Å². The molecule has 4 nitrogen and oxygen atoms in total. The van der Waals surface area contributed by atoms with Crippen molar-refractivity contribution in [3.05, 3.63) is 67.6 Å². The number of nitrogens with one attached hydrogen (secondary N) is 1. The topological polar surface area (TPSA) is 49.4 Å². The molecule has 0 saturated carbocycles. The molecule has 0 aliphatic rings. The van der Waals surface area contributed by atoms with E-state index in [9.17, 15) is 9.59 Å². The summed E-state index contributed by atoms with van der Waals surface area (Å²) in [4.78, 5) is 27.6. The largest absolute Gasteiger partial charge is 0.354 e. The molecule has 0 saturated heterocycles. The summed E-state index contributed by atoms with van der Waals surface area (Å²) in [6, 6.07) is 9.84. The highest BCUT2D eigenvalue weighted by Crippen LogP contribution is 2.27. The lowest BCUT2D eigenvalue weighted by Crippen LogP contribution is -2.49. The van der Waals surface area contributed by atoms with E-state index < -0.39 is 6.04 Å². The molecule has 2 aromatic carbocycles. The van der Waals surface area contributed by atoms with Gasteiger partial charge in [-0.1, -0.05) is 72.4 Å². The lowest BCUT2D eigenvalue weighted by Gasteiger charge is -2.31. The van der Waals surface area contributed by atoms with Crippen molar-refractivity contribution in [2.75, 3.05) is 12.3 Å². The summed E-state index contributed by atoms with van der Waals surface area (Å²) >= 11 is 26.0. The Kier molecular flexibility index (Phi) is 11.5. The summed E-state index contributed by atoms with van der Waals surface area (Å²) in [6.45, 7) is 4.65. The Bertz CT molecular complexity index is 942. The molecular formula is C23H26Cl4N2O2S. The van der Waals surface area contributed by atoms with E-state index >= 15 is 0 Å². The van der Waals surface area contributed by atoms with E-state index in [0.717, 1.165) is 17.5 Å². The highest BCUT2D eigenvalue weighted by molar-refractivity contribution is 7.99. The number of rotatable bonds is 11. The van der Waals surface area contributed by atoms with Crippen LogP contribution in [0.25, 0.3) is 0 Å². The van der Waals surface area contributed by atoms with Gasteiger partial charge in [0.2, 0.25) is 11.8 Å². The SMILES string of the molecule is CCCNC(=O)[C@@H](CC)N(Cc1ccc(Cl)cc1Cl)C(=O)CSCc1ccc(Cl)cc1Cl. The molecule has 0 spiro atoms. The zero-order valence-corrected chi connectivity index (χ0v) is 21.8. The number of thioether (sulfide) groups is 1. The first-order valence-corrected chi connectivity index (χ1v) is 13.0. The predicted octanol–water partition coefficient (Wildman–Crippen LogP) is 6.87. The lowest BCUT2D eigenvalue weighted by atomic mass is 10.1. The lowest BCUT2D eigenvalue weighted by molar-refractivity contribution is -0.139. The Balaban J connectivity index is 2.17. The van der Waals surface area contributed by atoms with Crippen LogP contribution in [-0.2, 0) is 21.9 Å². The van der Waals surface area contributed by atoms with Crippen LogP contribution in [0.2, 0.25) is 20.1 Å². The van der Waals surface area contributed by atoms with Crippen molar-refractivity contribution in [2.45, 2.75) is 45.0 Å². The van der Waals surface area contributed by atoms with Crippen molar-refractivity contribution in [3.8, 4) is 0 Å². The monoisotopic (exact) mass is 534 g/mol. The highest BCUT2D eigenvalue weighted by atomic mass is 35.5. The maximum atomic E-state index is 13.2. The first kappa shape index (κ1) is 27.1. The minimum Gasteiger partial charge on any atom is -0.354 e. The normalized spacial score (nSPS) is 11.8.